The van der Waals surface area contributed by atoms with Gasteiger partial charge in [-0.05, 0) is 36.5 Å². The summed E-state index contributed by atoms with van der Waals surface area (Å²) in [5.41, 5.74) is 0. The second kappa shape index (κ2) is 12.5. The Morgan fingerprint density at radius 3 is 1.27 bits per heavy atom. The van der Waals surface area contributed by atoms with E-state index >= 15 is 0 Å². The smallest absolute Gasteiger partial charge is 0.331 e. The van der Waals surface area contributed by atoms with Gasteiger partial charge in [-0.1, -0.05) is 66.9 Å². The fourth-order valence-electron chi connectivity index (χ4n) is 3.03. The van der Waals surface area contributed by atoms with Crippen molar-refractivity contribution in [1.29, 1.82) is 0 Å². The first-order chi connectivity index (χ1) is 12.1. The highest BCUT2D eigenvalue weighted by molar-refractivity contribution is 5.91. The Kier molecular flexibility index (Phi) is 11.6. The Hall–Kier alpha value is -1.84. The van der Waals surface area contributed by atoms with Crippen molar-refractivity contribution in [1.82, 2.24) is 0 Å². The van der Waals surface area contributed by atoms with E-state index in [1.54, 1.807) is 12.2 Å². The molecule has 26 heavy (non-hydrogen) atoms. The van der Waals surface area contributed by atoms with Gasteiger partial charge in [-0.15, -0.1) is 0 Å². The first kappa shape index (κ1) is 24.2. The number of rotatable bonds is 12. The molecular formula is C22H36O4. The van der Waals surface area contributed by atoms with Gasteiger partial charge in [-0.3, -0.25) is 0 Å². The van der Waals surface area contributed by atoms with E-state index in [1.807, 2.05) is 13.8 Å². The van der Waals surface area contributed by atoms with E-state index < -0.39 is 11.9 Å². The van der Waals surface area contributed by atoms with Crippen LogP contribution in [0.25, 0.3) is 0 Å². The normalized spacial score (nSPS) is 16.2. The first-order valence-electron chi connectivity index (χ1n) is 9.45. The van der Waals surface area contributed by atoms with E-state index in [4.69, 9.17) is 9.47 Å². The minimum atomic E-state index is -0.576. The fourth-order valence-corrected chi connectivity index (χ4v) is 3.03. The quantitative estimate of drug-likeness (QED) is 0.274. The summed E-state index contributed by atoms with van der Waals surface area (Å²) in [6.07, 6.45) is 6.55. The van der Waals surface area contributed by atoms with Gasteiger partial charge in [0.2, 0.25) is 0 Å². The Morgan fingerprint density at radius 2 is 1.04 bits per heavy atom. The van der Waals surface area contributed by atoms with Crippen molar-refractivity contribution >= 4 is 11.9 Å². The topological polar surface area (TPSA) is 52.6 Å². The largest absolute Gasteiger partial charge is 0.455 e. The molecule has 148 valence electrons. The standard InChI is InChI=1S/C22H36O4/c1-9-19(17(7)13-15(3)4)25-21(23)11-12-22(24)26-20(10-2)18(8)14-16(5)6/h9-12,15-20H,1-2,13-14H2,3-8H3/b12-11+. The van der Waals surface area contributed by atoms with Gasteiger partial charge in [0.1, 0.15) is 12.2 Å². The second-order valence-electron chi connectivity index (χ2n) is 7.82. The van der Waals surface area contributed by atoms with Crippen LogP contribution >= 0.6 is 0 Å². The van der Waals surface area contributed by atoms with Crippen LogP contribution in [0.1, 0.15) is 54.4 Å². The molecule has 0 rings (SSSR count). The molecule has 0 aromatic rings. The zero-order chi connectivity index (χ0) is 20.3. The number of hydrogen-bond donors (Lipinski definition) is 0. The first-order valence-corrected chi connectivity index (χ1v) is 9.45. The van der Waals surface area contributed by atoms with Crippen molar-refractivity contribution in [2.45, 2.75) is 66.6 Å². The highest BCUT2D eigenvalue weighted by Crippen LogP contribution is 2.19. The molecule has 0 aromatic carbocycles. The molecule has 0 heterocycles. The maximum atomic E-state index is 12.0. The van der Waals surface area contributed by atoms with E-state index in [2.05, 4.69) is 40.9 Å². The SMILES string of the molecule is C=CC(OC(=O)/C=C/C(=O)OC(C=C)C(C)CC(C)C)C(C)CC(C)C. The van der Waals surface area contributed by atoms with Crippen molar-refractivity contribution in [3.05, 3.63) is 37.5 Å². The summed E-state index contributed by atoms with van der Waals surface area (Å²) in [6.45, 7) is 19.9. The zero-order valence-corrected chi connectivity index (χ0v) is 17.2. The molecule has 0 aliphatic heterocycles. The monoisotopic (exact) mass is 364 g/mol. The molecule has 4 atom stereocenters. The van der Waals surface area contributed by atoms with Crippen molar-refractivity contribution in [2.24, 2.45) is 23.7 Å². The molecule has 0 saturated carbocycles. The lowest BCUT2D eigenvalue weighted by Gasteiger charge is -2.22. The van der Waals surface area contributed by atoms with Crippen LogP contribution in [0.15, 0.2) is 37.5 Å². The Labute approximate surface area is 159 Å². The molecule has 4 heteroatoms. The maximum Gasteiger partial charge on any atom is 0.331 e. The second-order valence-corrected chi connectivity index (χ2v) is 7.82. The van der Waals surface area contributed by atoms with Gasteiger partial charge in [0.25, 0.3) is 0 Å². The van der Waals surface area contributed by atoms with Crippen LogP contribution in [0.5, 0.6) is 0 Å². The van der Waals surface area contributed by atoms with Crippen LogP contribution < -0.4 is 0 Å². The minimum absolute atomic E-state index is 0.166. The number of hydrogen-bond acceptors (Lipinski definition) is 4. The van der Waals surface area contributed by atoms with E-state index in [9.17, 15) is 9.59 Å². The highest BCUT2D eigenvalue weighted by Gasteiger charge is 2.20. The summed E-state index contributed by atoms with van der Waals surface area (Å²) < 4.78 is 10.7. The van der Waals surface area contributed by atoms with E-state index in [0.29, 0.717) is 11.8 Å². The molecule has 0 N–H and O–H groups in total. The molecule has 0 saturated heterocycles. The molecule has 0 spiro atoms. The Morgan fingerprint density at radius 1 is 0.731 bits per heavy atom. The molecule has 0 aliphatic carbocycles. The summed E-state index contributed by atoms with van der Waals surface area (Å²) in [5.74, 6) is 0.180. The van der Waals surface area contributed by atoms with Gasteiger partial charge in [0, 0.05) is 12.2 Å². The van der Waals surface area contributed by atoms with Crippen molar-refractivity contribution in [2.75, 3.05) is 0 Å². The van der Waals surface area contributed by atoms with Crippen LogP contribution in [0, 0.1) is 23.7 Å². The van der Waals surface area contributed by atoms with Gasteiger partial charge in [0.05, 0.1) is 0 Å². The molecule has 4 nitrogen and oxygen atoms in total. The highest BCUT2D eigenvalue weighted by atomic mass is 16.5. The lowest BCUT2D eigenvalue weighted by Crippen LogP contribution is -2.24. The van der Waals surface area contributed by atoms with Crippen molar-refractivity contribution < 1.29 is 19.1 Å². The fraction of sp³-hybridized carbons (Fsp3) is 0.636. The number of carbonyl (C=O) groups excluding carboxylic acids is 2. The third-order valence-corrected chi connectivity index (χ3v) is 4.13. The van der Waals surface area contributed by atoms with Gasteiger partial charge >= 0.3 is 11.9 Å². The number of carbonyl (C=O) groups is 2. The van der Waals surface area contributed by atoms with Crippen molar-refractivity contribution in [3.63, 3.8) is 0 Å². The third kappa shape index (κ3) is 10.2. The Bertz CT molecular complexity index is 446. The third-order valence-electron chi connectivity index (χ3n) is 4.13. The summed E-state index contributed by atoms with van der Waals surface area (Å²) in [6, 6.07) is 0. The molecule has 0 aromatic heterocycles. The average Bonchev–Trinajstić information content (AvgIpc) is 2.54. The lowest BCUT2D eigenvalue weighted by atomic mass is 9.94. The van der Waals surface area contributed by atoms with Crippen LogP contribution in [0.3, 0.4) is 0 Å². The predicted octanol–water partition coefficient (Wildman–Crippen LogP) is 5.10. The summed E-state index contributed by atoms with van der Waals surface area (Å²) >= 11 is 0. The summed E-state index contributed by atoms with van der Waals surface area (Å²) in [5, 5.41) is 0. The molecular weight excluding hydrogens is 328 g/mol. The van der Waals surface area contributed by atoms with E-state index in [-0.39, 0.29) is 24.0 Å². The van der Waals surface area contributed by atoms with Crippen LogP contribution in [0.4, 0.5) is 0 Å². The molecule has 0 amide bonds. The van der Waals surface area contributed by atoms with Gasteiger partial charge in [-0.25, -0.2) is 9.59 Å². The van der Waals surface area contributed by atoms with Crippen molar-refractivity contribution in [3.8, 4) is 0 Å². The molecule has 0 radical (unpaired) electrons. The lowest BCUT2D eigenvalue weighted by molar-refractivity contribution is -0.145. The molecule has 0 fully saturated rings. The van der Waals surface area contributed by atoms with Crippen LogP contribution in [-0.2, 0) is 19.1 Å². The molecule has 0 bridgehead atoms. The Balaban J connectivity index is 4.63. The van der Waals surface area contributed by atoms with Crippen LogP contribution in [-0.4, -0.2) is 24.1 Å². The molecule has 0 aliphatic rings. The molecule has 4 unspecified atom stereocenters. The summed E-state index contributed by atoms with van der Waals surface area (Å²) in [7, 11) is 0. The van der Waals surface area contributed by atoms with E-state index in [1.165, 1.54) is 0 Å². The predicted molar refractivity (Wildman–Crippen MR) is 107 cm³/mol. The minimum Gasteiger partial charge on any atom is -0.455 e. The summed E-state index contributed by atoms with van der Waals surface area (Å²) in [4.78, 5) is 23.9. The van der Waals surface area contributed by atoms with Gasteiger partial charge in [0.15, 0.2) is 0 Å². The van der Waals surface area contributed by atoms with Gasteiger partial charge < -0.3 is 9.47 Å². The van der Waals surface area contributed by atoms with E-state index in [0.717, 1.165) is 25.0 Å². The zero-order valence-electron chi connectivity index (χ0n) is 17.2. The average molecular weight is 365 g/mol. The number of ether oxygens (including phenoxy) is 2. The van der Waals surface area contributed by atoms with Crippen LogP contribution in [0.2, 0.25) is 0 Å². The maximum absolute atomic E-state index is 12.0. The number of esters is 2. The van der Waals surface area contributed by atoms with Gasteiger partial charge in [-0.2, -0.15) is 0 Å².